The maximum atomic E-state index is 5.66. The van der Waals surface area contributed by atoms with Crippen LogP contribution in [0.1, 0.15) is 25.8 Å². The highest BCUT2D eigenvalue weighted by atomic mass is 15.3. The van der Waals surface area contributed by atoms with Crippen molar-refractivity contribution < 1.29 is 0 Å². The molecule has 0 radical (unpaired) electrons. The molecule has 4 heteroatoms. The molecule has 78 valence electrons. The maximum Gasteiger partial charge on any atom is 0.0719 e. The molecule has 1 aromatic heterocycles. The van der Waals surface area contributed by atoms with Crippen LogP contribution >= 0.6 is 0 Å². The van der Waals surface area contributed by atoms with Gasteiger partial charge in [-0.25, -0.2) is 0 Å². The van der Waals surface area contributed by atoms with Crippen molar-refractivity contribution in [3.05, 3.63) is 12.4 Å². The Bertz CT molecular complexity index is 294. The van der Waals surface area contributed by atoms with E-state index in [1.54, 1.807) is 6.20 Å². The summed E-state index contributed by atoms with van der Waals surface area (Å²) in [5.41, 5.74) is 6.42. The van der Waals surface area contributed by atoms with E-state index in [2.05, 4.69) is 16.9 Å². The van der Waals surface area contributed by atoms with Crippen molar-refractivity contribution >= 4 is 5.69 Å². The van der Waals surface area contributed by atoms with Crippen molar-refractivity contribution in [1.29, 1.82) is 0 Å². The SMILES string of the molecule is CCN1CCCC(n2cc(N)cn2)C1. The highest BCUT2D eigenvalue weighted by Crippen LogP contribution is 2.21. The lowest BCUT2D eigenvalue weighted by Gasteiger charge is -2.31. The summed E-state index contributed by atoms with van der Waals surface area (Å²) in [6.45, 7) is 5.68. The molecule has 14 heavy (non-hydrogen) atoms. The van der Waals surface area contributed by atoms with E-state index in [9.17, 15) is 0 Å². The van der Waals surface area contributed by atoms with Gasteiger partial charge >= 0.3 is 0 Å². The van der Waals surface area contributed by atoms with E-state index < -0.39 is 0 Å². The van der Waals surface area contributed by atoms with E-state index in [1.807, 2.05) is 10.9 Å². The van der Waals surface area contributed by atoms with Crippen LogP contribution in [0.3, 0.4) is 0 Å². The average Bonchev–Trinajstić information content (AvgIpc) is 2.65. The van der Waals surface area contributed by atoms with E-state index >= 15 is 0 Å². The molecule has 1 fully saturated rings. The van der Waals surface area contributed by atoms with Gasteiger partial charge in [0.2, 0.25) is 0 Å². The number of aromatic nitrogens is 2. The summed E-state index contributed by atoms with van der Waals surface area (Å²) in [5, 5.41) is 4.27. The van der Waals surface area contributed by atoms with E-state index in [-0.39, 0.29) is 0 Å². The number of rotatable bonds is 2. The zero-order valence-corrected chi connectivity index (χ0v) is 8.69. The third-order valence-electron chi connectivity index (χ3n) is 2.92. The molecule has 1 saturated heterocycles. The summed E-state index contributed by atoms with van der Waals surface area (Å²) < 4.78 is 2.01. The number of piperidine rings is 1. The van der Waals surface area contributed by atoms with Gasteiger partial charge in [-0.3, -0.25) is 4.68 Å². The van der Waals surface area contributed by atoms with Crippen LogP contribution in [0.25, 0.3) is 0 Å². The second-order valence-electron chi connectivity index (χ2n) is 3.94. The first-order valence-corrected chi connectivity index (χ1v) is 5.31. The Balaban J connectivity index is 2.04. The van der Waals surface area contributed by atoms with E-state index in [0.717, 1.165) is 18.8 Å². The second-order valence-corrected chi connectivity index (χ2v) is 3.94. The molecule has 2 heterocycles. The van der Waals surface area contributed by atoms with Crippen molar-refractivity contribution in [3.63, 3.8) is 0 Å². The highest BCUT2D eigenvalue weighted by Gasteiger charge is 2.20. The Labute approximate surface area is 84.7 Å². The topological polar surface area (TPSA) is 47.1 Å². The number of nitrogens with two attached hydrogens (primary N) is 1. The highest BCUT2D eigenvalue weighted by molar-refractivity contribution is 5.30. The predicted molar refractivity (Wildman–Crippen MR) is 57.0 cm³/mol. The van der Waals surface area contributed by atoms with Crippen LogP contribution in [0.5, 0.6) is 0 Å². The molecule has 1 aliphatic rings. The van der Waals surface area contributed by atoms with E-state index in [0.29, 0.717) is 6.04 Å². The van der Waals surface area contributed by atoms with Gasteiger partial charge < -0.3 is 10.6 Å². The normalized spacial score (nSPS) is 23.9. The van der Waals surface area contributed by atoms with Crippen molar-refractivity contribution in [1.82, 2.24) is 14.7 Å². The number of nitrogen functional groups attached to an aromatic ring is 1. The average molecular weight is 194 g/mol. The molecule has 1 aromatic rings. The van der Waals surface area contributed by atoms with Crippen molar-refractivity contribution in [3.8, 4) is 0 Å². The zero-order valence-electron chi connectivity index (χ0n) is 8.69. The number of anilines is 1. The second kappa shape index (κ2) is 4.00. The Morgan fingerprint density at radius 2 is 2.50 bits per heavy atom. The summed E-state index contributed by atoms with van der Waals surface area (Å²) in [4.78, 5) is 2.46. The lowest BCUT2D eigenvalue weighted by atomic mass is 10.1. The smallest absolute Gasteiger partial charge is 0.0719 e. The molecule has 0 saturated carbocycles. The number of nitrogens with zero attached hydrogens (tertiary/aromatic N) is 3. The van der Waals surface area contributed by atoms with Gasteiger partial charge in [-0.2, -0.15) is 5.10 Å². The fourth-order valence-electron chi connectivity index (χ4n) is 2.09. The molecule has 0 bridgehead atoms. The predicted octanol–water partition coefficient (Wildman–Crippen LogP) is 1.12. The zero-order chi connectivity index (χ0) is 9.97. The molecule has 1 aliphatic heterocycles. The van der Waals surface area contributed by atoms with Crippen LogP contribution in [0, 0.1) is 0 Å². The molecule has 2 rings (SSSR count). The molecule has 0 spiro atoms. The molecule has 1 unspecified atom stereocenters. The quantitative estimate of drug-likeness (QED) is 0.767. The largest absolute Gasteiger partial charge is 0.396 e. The molecule has 0 aliphatic carbocycles. The van der Waals surface area contributed by atoms with E-state index in [4.69, 9.17) is 5.73 Å². The Morgan fingerprint density at radius 1 is 1.64 bits per heavy atom. The standard InChI is InChI=1S/C10H18N4/c1-2-13-5-3-4-10(8-13)14-7-9(11)6-12-14/h6-7,10H,2-5,8,11H2,1H3. The van der Waals surface area contributed by atoms with Crippen LogP contribution in [0.2, 0.25) is 0 Å². The summed E-state index contributed by atoms with van der Waals surface area (Å²) in [7, 11) is 0. The number of likely N-dealkylation sites (N-methyl/N-ethyl adjacent to an activating group) is 1. The third kappa shape index (κ3) is 1.90. The van der Waals surface area contributed by atoms with Crippen molar-refractivity contribution in [2.24, 2.45) is 0 Å². The van der Waals surface area contributed by atoms with Gasteiger partial charge in [0.05, 0.1) is 17.9 Å². The Kier molecular flexibility index (Phi) is 2.72. The minimum absolute atomic E-state index is 0.515. The van der Waals surface area contributed by atoms with Gasteiger partial charge in [0.1, 0.15) is 0 Å². The first-order chi connectivity index (χ1) is 6.79. The van der Waals surface area contributed by atoms with Crippen LogP contribution in [-0.2, 0) is 0 Å². The minimum Gasteiger partial charge on any atom is -0.396 e. The van der Waals surface area contributed by atoms with Crippen LogP contribution in [0.4, 0.5) is 5.69 Å². The Morgan fingerprint density at radius 3 is 3.14 bits per heavy atom. The fraction of sp³-hybridized carbons (Fsp3) is 0.700. The molecule has 2 N–H and O–H groups in total. The maximum absolute atomic E-state index is 5.66. The molecule has 1 atom stereocenters. The first-order valence-electron chi connectivity index (χ1n) is 5.31. The van der Waals surface area contributed by atoms with Crippen LogP contribution in [-0.4, -0.2) is 34.3 Å². The molecular formula is C10H18N4. The lowest BCUT2D eigenvalue weighted by Crippen LogP contribution is -2.36. The van der Waals surface area contributed by atoms with Gasteiger partial charge in [-0.05, 0) is 25.9 Å². The first kappa shape index (κ1) is 9.52. The summed E-state index contributed by atoms with van der Waals surface area (Å²) in [6.07, 6.45) is 6.14. The third-order valence-corrected chi connectivity index (χ3v) is 2.92. The van der Waals surface area contributed by atoms with Crippen LogP contribution < -0.4 is 5.73 Å². The molecular weight excluding hydrogens is 176 g/mol. The number of hydrogen-bond donors (Lipinski definition) is 1. The lowest BCUT2D eigenvalue weighted by molar-refractivity contribution is 0.177. The minimum atomic E-state index is 0.515. The summed E-state index contributed by atoms with van der Waals surface area (Å²) in [6, 6.07) is 0.515. The van der Waals surface area contributed by atoms with Gasteiger partial charge in [0.15, 0.2) is 0 Å². The molecule has 0 aromatic carbocycles. The van der Waals surface area contributed by atoms with Gasteiger partial charge in [0, 0.05) is 12.7 Å². The van der Waals surface area contributed by atoms with Gasteiger partial charge in [-0.15, -0.1) is 0 Å². The monoisotopic (exact) mass is 194 g/mol. The number of hydrogen-bond acceptors (Lipinski definition) is 3. The van der Waals surface area contributed by atoms with Gasteiger partial charge in [-0.1, -0.05) is 6.92 Å². The summed E-state index contributed by atoms with van der Waals surface area (Å²) >= 11 is 0. The van der Waals surface area contributed by atoms with E-state index in [1.165, 1.54) is 19.4 Å². The number of likely N-dealkylation sites (tertiary alicyclic amines) is 1. The van der Waals surface area contributed by atoms with Crippen molar-refractivity contribution in [2.45, 2.75) is 25.8 Å². The Hall–Kier alpha value is -1.03. The summed E-state index contributed by atoms with van der Waals surface area (Å²) in [5.74, 6) is 0. The van der Waals surface area contributed by atoms with Gasteiger partial charge in [0.25, 0.3) is 0 Å². The fourth-order valence-corrected chi connectivity index (χ4v) is 2.09. The molecule has 4 nitrogen and oxygen atoms in total. The van der Waals surface area contributed by atoms with Crippen LogP contribution in [0.15, 0.2) is 12.4 Å². The van der Waals surface area contributed by atoms with Crippen molar-refractivity contribution in [2.75, 3.05) is 25.4 Å². The molecule has 0 amide bonds.